The molecule has 16 heavy (non-hydrogen) atoms. The highest BCUT2D eigenvalue weighted by atomic mass is 16.5. The number of fused-ring (bicyclic) bond motifs is 1. The third-order valence-electron chi connectivity index (χ3n) is 2.64. The fourth-order valence-electron chi connectivity index (χ4n) is 1.83. The maximum atomic E-state index is 11.6. The first-order valence-electron chi connectivity index (χ1n) is 5.56. The summed E-state index contributed by atoms with van der Waals surface area (Å²) in [6, 6.07) is 5.59. The lowest BCUT2D eigenvalue weighted by atomic mass is 9.99. The Morgan fingerprint density at radius 1 is 1.44 bits per heavy atom. The number of nitrogens with one attached hydrogen (secondary N) is 1. The molecule has 0 aliphatic carbocycles. The molecule has 1 aromatic rings. The third kappa shape index (κ3) is 2.17. The summed E-state index contributed by atoms with van der Waals surface area (Å²) in [5.41, 5.74) is 7.16. The number of hydrogen-bond donors (Lipinski definition) is 2. The first-order valence-corrected chi connectivity index (χ1v) is 5.56. The van der Waals surface area contributed by atoms with Gasteiger partial charge in [-0.15, -0.1) is 0 Å². The first-order chi connectivity index (χ1) is 7.83. The van der Waals surface area contributed by atoms with E-state index in [1.165, 1.54) is 0 Å². The highest BCUT2D eigenvalue weighted by molar-refractivity contribution is 5.97. The molecule has 0 atom stereocenters. The fraction of sp³-hybridized carbons (Fsp3) is 0.417. The van der Waals surface area contributed by atoms with Gasteiger partial charge in [-0.05, 0) is 31.5 Å². The lowest BCUT2D eigenvalue weighted by Crippen LogP contribution is -2.32. The molecule has 4 nitrogen and oxygen atoms in total. The number of hydrogen-bond acceptors (Lipinski definition) is 3. The standard InChI is InChI=1S/C12H16N2O2/c13-6-2-8-16-11-4-1-3-10-9(11)5-7-14-12(10)15/h1,3-4H,2,5-8,13H2,(H,14,15). The van der Waals surface area contributed by atoms with Crippen molar-refractivity contribution < 1.29 is 9.53 Å². The average Bonchev–Trinajstić information content (AvgIpc) is 2.31. The van der Waals surface area contributed by atoms with Gasteiger partial charge in [-0.25, -0.2) is 0 Å². The van der Waals surface area contributed by atoms with Crippen LogP contribution in [0.15, 0.2) is 18.2 Å². The van der Waals surface area contributed by atoms with Crippen LogP contribution in [0.2, 0.25) is 0 Å². The van der Waals surface area contributed by atoms with Crippen LogP contribution in [0.25, 0.3) is 0 Å². The molecule has 0 bridgehead atoms. The largest absolute Gasteiger partial charge is 0.493 e. The number of ether oxygens (including phenoxy) is 1. The van der Waals surface area contributed by atoms with Gasteiger partial charge in [0.25, 0.3) is 5.91 Å². The molecule has 86 valence electrons. The Bertz CT molecular complexity index is 391. The van der Waals surface area contributed by atoms with Crippen molar-refractivity contribution in [2.45, 2.75) is 12.8 Å². The molecule has 4 heteroatoms. The summed E-state index contributed by atoms with van der Waals surface area (Å²) >= 11 is 0. The molecule has 0 radical (unpaired) electrons. The van der Waals surface area contributed by atoms with E-state index >= 15 is 0 Å². The van der Waals surface area contributed by atoms with Gasteiger partial charge in [-0.3, -0.25) is 4.79 Å². The summed E-state index contributed by atoms with van der Waals surface area (Å²) in [5.74, 6) is 0.811. The van der Waals surface area contributed by atoms with Crippen LogP contribution in [0.5, 0.6) is 5.75 Å². The second-order valence-electron chi connectivity index (χ2n) is 3.78. The Balaban J connectivity index is 2.19. The van der Waals surface area contributed by atoms with E-state index in [1.807, 2.05) is 18.2 Å². The Morgan fingerprint density at radius 2 is 2.31 bits per heavy atom. The van der Waals surface area contributed by atoms with Crippen molar-refractivity contribution in [1.29, 1.82) is 0 Å². The minimum Gasteiger partial charge on any atom is -0.493 e. The van der Waals surface area contributed by atoms with Crippen molar-refractivity contribution in [3.8, 4) is 5.75 Å². The second-order valence-corrected chi connectivity index (χ2v) is 3.78. The highest BCUT2D eigenvalue weighted by Crippen LogP contribution is 2.25. The molecule has 1 aliphatic rings. The van der Waals surface area contributed by atoms with Crippen molar-refractivity contribution in [2.75, 3.05) is 19.7 Å². The van der Waals surface area contributed by atoms with Gasteiger partial charge in [0.05, 0.1) is 6.61 Å². The number of nitrogens with two attached hydrogens (primary N) is 1. The molecule has 0 saturated heterocycles. The molecule has 0 saturated carbocycles. The molecule has 0 aromatic heterocycles. The maximum Gasteiger partial charge on any atom is 0.251 e. The number of benzene rings is 1. The van der Waals surface area contributed by atoms with Gasteiger partial charge in [0.2, 0.25) is 0 Å². The van der Waals surface area contributed by atoms with E-state index in [9.17, 15) is 4.79 Å². The molecule has 1 amide bonds. The zero-order chi connectivity index (χ0) is 11.4. The second kappa shape index (κ2) is 4.99. The van der Waals surface area contributed by atoms with Gasteiger partial charge in [-0.2, -0.15) is 0 Å². The smallest absolute Gasteiger partial charge is 0.251 e. The Hall–Kier alpha value is -1.55. The van der Waals surface area contributed by atoms with E-state index in [0.29, 0.717) is 19.7 Å². The monoisotopic (exact) mass is 220 g/mol. The summed E-state index contributed by atoms with van der Waals surface area (Å²) < 4.78 is 5.63. The molecular weight excluding hydrogens is 204 g/mol. The molecular formula is C12H16N2O2. The molecule has 0 unspecified atom stereocenters. The summed E-state index contributed by atoms with van der Waals surface area (Å²) in [5, 5.41) is 2.82. The molecule has 1 aromatic carbocycles. The van der Waals surface area contributed by atoms with Crippen molar-refractivity contribution in [3.05, 3.63) is 29.3 Å². The van der Waals surface area contributed by atoms with Crippen molar-refractivity contribution in [1.82, 2.24) is 5.32 Å². The first kappa shape index (κ1) is 11.0. The molecule has 2 rings (SSSR count). The van der Waals surface area contributed by atoms with Gasteiger partial charge < -0.3 is 15.8 Å². The van der Waals surface area contributed by atoms with E-state index in [0.717, 1.165) is 29.7 Å². The molecule has 0 spiro atoms. The summed E-state index contributed by atoms with van der Waals surface area (Å²) in [6.07, 6.45) is 1.66. The quantitative estimate of drug-likeness (QED) is 0.734. The van der Waals surface area contributed by atoms with Gasteiger partial charge in [-0.1, -0.05) is 6.07 Å². The number of carbonyl (C=O) groups is 1. The van der Waals surface area contributed by atoms with E-state index in [4.69, 9.17) is 10.5 Å². The predicted octanol–water partition coefficient (Wildman–Crippen LogP) is 0.700. The van der Waals surface area contributed by atoms with Crippen LogP contribution in [0, 0.1) is 0 Å². The molecule has 0 fully saturated rings. The van der Waals surface area contributed by atoms with Crippen LogP contribution >= 0.6 is 0 Å². The summed E-state index contributed by atoms with van der Waals surface area (Å²) in [4.78, 5) is 11.6. The van der Waals surface area contributed by atoms with Crippen molar-refractivity contribution >= 4 is 5.91 Å². The Kier molecular flexibility index (Phi) is 3.41. The van der Waals surface area contributed by atoms with Crippen LogP contribution in [-0.2, 0) is 6.42 Å². The topological polar surface area (TPSA) is 64.3 Å². The van der Waals surface area contributed by atoms with Crippen LogP contribution < -0.4 is 15.8 Å². The Labute approximate surface area is 94.8 Å². The number of carbonyl (C=O) groups excluding carboxylic acids is 1. The normalized spacial score (nSPS) is 14.2. The van der Waals surface area contributed by atoms with Crippen molar-refractivity contribution in [2.24, 2.45) is 5.73 Å². The van der Waals surface area contributed by atoms with Gasteiger partial charge in [0.1, 0.15) is 5.75 Å². The van der Waals surface area contributed by atoms with E-state index in [-0.39, 0.29) is 5.91 Å². The molecule has 1 heterocycles. The lowest BCUT2D eigenvalue weighted by Gasteiger charge is -2.19. The van der Waals surface area contributed by atoms with Crippen LogP contribution in [0.3, 0.4) is 0 Å². The lowest BCUT2D eigenvalue weighted by molar-refractivity contribution is 0.0945. The predicted molar refractivity (Wildman–Crippen MR) is 61.6 cm³/mol. The number of amides is 1. The fourth-order valence-corrected chi connectivity index (χ4v) is 1.83. The zero-order valence-corrected chi connectivity index (χ0v) is 9.16. The Morgan fingerprint density at radius 3 is 3.12 bits per heavy atom. The van der Waals surface area contributed by atoms with E-state index < -0.39 is 0 Å². The van der Waals surface area contributed by atoms with Crippen LogP contribution in [-0.4, -0.2) is 25.6 Å². The summed E-state index contributed by atoms with van der Waals surface area (Å²) in [6.45, 7) is 1.91. The number of rotatable bonds is 4. The minimum atomic E-state index is -0.00877. The highest BCUT2D eigenvalue weighted by Gasteiger charge is 2.19. The molecule has 3 N–H and O–H groups in total. The molecule has 1 aliphatic heterocycles. The van der Waals surface area contributed by atoms with Gasteiger partial charge >= 0.3 is 0 Å². The van der Waals surface area contributed by atoms with Gasteiger partial charge in [0, 0.05) is 17.7 Å². The van der Waals surface area contributed by atoms with Crippen LogP contribution in [0.4, 0.5) is 0 Å². The zero-order valence-electron chi connectivity index (χ0n) is 9.16. The third-order valence-corrected chi connectivity index (χ3v) is 2.64. The summed E-state index contributed by atoms with van der Waals surface area (Å²) in [7, 11) is 0. The van der Waals surface area contributed by atoms with Crippen molar-refractivity contribution in [3.63, 3.8) is 0 Å². The maximum absolute atomic E-state index is 11.6. The van der Waals surface area contributed by atoms with Gasteiger partial charge in [0.15, 0.2) is 0 Å². The van der Waals surface area contributed by atoms with E-state index in [1.54, 1.807) is 0 Å². The minimum absolute atomic E-state index is 0.00877. The average molecular weight is 220 g/mol. The SMILES string of the molecule is NCCCOc1cccc2c1CCNC2=O. The van der Waals surface area contributed by atoms with E-state index in [2.05, 4.69) is 5.32 Å². The van der Waals surface area contributed by atoms with Crippen LogP contribution in [0.1, 0.15) is 22.3 Å².